The molecule has 3 aromatic heterocycles. The van der Waals surface area contributed by atoms with Gasteiger partial charge in [0, 0.05) is 32.5 Å². The molecule has 1 saturated carbocycles. The zero-order valence-corrected chi connectivity index (χ0v) is 35.1. The zero-order valence-electron chi connectivity index (χ0n) is 31.7. The normalized spacial score (nSPS) is 13.5. The Morgan fingerprint density at radius 2 is 1.53 bits per heavy atom. The fraction of sp³-hybridized carbons (Fsp3) is 0.292. The van der Waals surface area contributed by atoms with Gasteiger partial charge in [0.1, 0.15) is 5.58 Å². The molecular formula is C48H50IrN2OSi-2. The molecule has 1 aliphatic rings. The van der Waals surface area contributed by atoms with E-state index >= 15 is 0 Å². The summed E-state index contributed by atoms with van der Waals surface area (Å²) in [5.74, 6) is 1.47. The maximum absolute atomic E-state index is 6.19. The first-order chi connectivity index (χ1) is 25.2. The Bertz CT molecular complexity index is 2250. The van der Waals surface area contributed by atoms with E-state index in [1.165, 1.54) is 44.1 Å². The van der Waals surface area contributed by atoms with Crippen LogP contribution in [0.4, 0.5) is 0 Å². The molecule has 273 valence electrons. The van der Waals surface area contributed by atoms with Gasteiger partial charge in [-0.05, 0) is 69.7 Å². The van der Waals surface area contributed by atoms with Gasteiger partial charge < -0.3 is 14.4 Å². The van der Waals surface area contributed by atoms with Crippen LogP contribution >= 0.6 is 0 Å². The topological polar surface area (TPSA) is 38.9 Å². The van der Waals surface area contributed by atoms with Gasteiger partial charge in [0.2, 0.25) is 0 Å². The zero-order chi connectivity index (χ0) is 36.1. The van der Waals surface area contributed by atoms with Gasteiger partial charge in [0.15, 0.2) is 0 Å². The molecule has 0 amide bonds. The number of furan rings is 1. The summed E-state index contributed by atoms with van der Waals surface area (Å²) in [5, 5.41) is 3.77. The van der Waals surface area contributed by atoms with Crippen molar-refractivity contribution in [3.05, 3.63) is 139 Å². The number of pyridine rings is 2. The Morgan fingerprint density at radius 1 is 0.792 bits per heavy atom. The van der Waals surface area contributed by atoms with Crippen LogP contribution in [-0.2, 0) is 32.9 Å². The van der Waals surface area contributed by atoms with E-state index in [1.807, 2.05) is 36.5 Å². The van der Waals surface area contributed by atoms with E-state index in [-0.39, 0.29) is 20.1 Å². The van der Waals surface area contributed by atoms with Crippen LogP contribution in [0.15, 0.2) is 120 Å². The van der Waals surface area contributed by atoms with Crippen molar-refractivity contribution in [2.75, 3.05) is 0 Å². The Kier molecular flexibility index (Phi) is 12.6. The summed E-state index contributed by atoms with van der Waals surface area (Å²) in [6, 6.07) is 42.5. The summed E-state index contributed by atoms with van der Waals surface area (Å²) in [4.78, 5) is 9.41. The summed E-state index contributed by atoms with van der Waals surface area (Å²) in [5.41, 5.74) is 10.9. The third-order valence-corrected chi connectivity index (χ3v) is 12.3. The number of hydrogen-bond donors (Lipinski definition) is 0. The van der Waals surface area contributed by atoms with Crippen molar-refractivity contribution in [3.8, 4) is 33.6 Å². The van der Waals surface area contributed by atoms with Crippen molar-refractivity contribution in [1.82, 2.24) is 9.97 Å². The van der Waals surface area contributed by atoms with E-state index in [0.717, 1.165) is 67.9 Å². The van der Waals surface area contributed by atoms with Crippen LogP contribution in [-0.4, -0.2) is 18.0 Å². The second-order valence-electron chi connectivity index (χ2n) is 15.9. The number of fused-ring (bicyclic) bond motifs is 3. The van der Waals surface area contributed by atoms with Gasteiger partial charge in [-0.3, -0.25) is 0 Å². The van der Waals surface area contributed by atoms with Gasteiger partial charge in [-0.25, -0.2) is 0 Å². The molecule has 1 radical (unpaired) electrons. The quantitative estimate of drug-likeness (QED) is 0.113. The monoisotopic (exact) mass is 891 g/mol. The molecular weight excluding hydrogens is 841 g/mol. The summed E-state index contributed by atoms with van der Waals surface area (Å²) in [7, 11) is -1.36. The van der Waals surface area contributed by atoms with Gasteiger partial charge in [0.05, 0.1) is 13.7 Å². The van der Waals surface area contributed by atoms with Gasteiger partial charge in [-0.2, -0.15) is 0 Å². The van der Waals surface area contributed by atoms with E-state index < -0.39 is 8.07 Å². The maximum atomic E-state index is 6.19. The van der Waals surface area contributed by atoms with E-state index in [0.29, 0.717) is 5.92 Å². The summed E-state index contributed by atoms with van der Waals surface area (Å²) >= 11 is 0. The third-order valence-electron chi connectivity index (χ3n) is 10.2. The van der Waals surface area contributed by atoms with Crippen LogP contribution in [0.25, 0.3) is 55.6 Å². The smallest absolute Gasteiger partial charge is 0.123 e. The summed E-state index contributed by atoms with van der Waals surface area (Å²) in [6.07, 6.45) is 13.4. The van der Waals surface area contributed by atoms with Gasteiger partial charge in [-0.1, -0.05) is 149 Å². The molecule has 5 heteroatoms. The van der Waals surface area contributed by atoms with Crippen molar-refractivity contribution >= 4 is 35.2 Å². The third kappa shape index (κ3) is 9.33. The maximum Gasteiger partial charge on any atom is 0.123 e. The molecule has 1 fully saturated rings. The van der Waals surface area contributed by atoms with E-state index in [4.69, 9.17) is 9.40 Å². The number of aromatic nitrogens is 2. The molecule has 0 unspecified atom stereocenters. The molecule has 0 saturated heterocycles. The molecule has 1 aliphatic carbocycles. The SMILES string of the molecule is CC(C)Cc1ccnc(-c2[c-]c3oc4ccccc4c3c(-c3ccccc3)c2)c1.C[Si](C)(C)c1cnc(-c2[c-]cccc2)cc1CC1CCCCC1.[Ir]. The second kappa shape index (κ2) is 17.3. The van der Waals surface area contributed by atoms with Gasteiger partial charge in [0.25, 0.3) is 0 Å². The van der Waals surface area contributed by atoms with Crippen molar-refractivity contribution < 1.29 is 24.5 Å². The predicted octanol–water partition coefficient (Wildman–Crippen LogP) is 12.5. The molecule has 53 heavy (non-hydrogen) atoms. The van der Waals surface area contributed by atoms with Gasteiger partial charge >= 0.3 is 0 Å². The van der Waals surface area contributed by atoms with Gasteiger partial charge in [-0.15, -0.1) is 47.5 Å². The van der Waals surface area contributed by atoms with E-state index in [2.05, 4.69) is 130 Å². The Balaban J connectivity index is 0.000000183. The largest absolute Gasteiger partial charge is 0.477 e. The fourth-order valence-electron chi connectivity index (χ4n) is 7.72. The van der Waals surface area contributed by atoms with Crippen molar-refractivity contribution in [3.63, 3.8) is 0 Å². The molecule has 3 nitrogen and oxygen atoms in total. The first kappa shape index (κ1) is 38.6. The number of benzene rings is 4. The minimum absolute atomic E-state index is 0. The Morgan fingerprint density at radius 3 is 2.26 bits per heavy atom. The van der Waals surface area contributed by atoms with Crippen LogP contribution in [0.1, 0.15) is 57.1 Å². The Labute approximate surface area is 330 Å². The number of para-hydroxylation sites is 1. The minimum atomic E-state index is -1.36. The summed E-state index contributed by atoms with van der Waals surface area (Å²) < 4.78 is 6.19. The van der Waals surface area contributed by atoms with Crippen molar-refractivity contribution in [2.24, 2.45) is 11.8 Å². The first-order valence-electron chi connectivity index (χ1n) is 19.1. The standard InChI is InChI=1S/C27H22NO.C21H28NSi.Ir/c1-18(2)14-19-12-13-28-24(15-19)21-16-23(20-8-4-3-5-9-20)27-22-10-6-7-11-25(22)29-26(27)17-21;1-23(2,3)21-16-22-20(18-12-8-5-9-13-18)15-19(21)14-17-10-6-4-7-11-17;/h3-13,15-16,18H,14H2,1-2H3;5,8-9,12,15-17H,4,6-7,10-11,14H2,1-3H3;/q2*-1;. The molecule has 0 bridgehead atoms. The average Bonchev–Trinajstić information content (AvgIpc) is 3.54. The first-order valence-corrected chi connectivity index (χ1v) is 22.6. The average molecular weight is 891 g/mol. The number of nitrogens with zero attached hydrogens (tertiary/aromatic N) is 2. The van der Waals surface area contributed by atoms with Crippen molar-refractivity contribution in [1.29, 1.82) is 0 Å². The van der Waals surface area contributed by atoms with Crippen LogP contribution in [0.3, 0.4) is 0 Å². The molecule has 3 heterocycles. The van der Waals surface area contributed by atoms with Crippen LogP contribution in [0.2, 0.25) is 19.6 Å². The molecule has 0 N–H and O–H groups in total. The van der Waals surface area contributed by atoms with Crippen molar-refractivity contribution in [2.45, 2.75) is 78.4 Å². The second-order valence-corrected chi connectivity index (χ2v) is 20.9. The molecule has 7 aromatic rings. The van der Waals surface area contributed by atoms with E-state index in [1.54, 1.807) is 10.8 Å². The summed E-state index contributed by atoms with van der Waals surface area (Å²) in [6.45, 7) is 11.8. The number of rotatable bonds is 8. The number of hydrogen-bond acceptors (Lipinski definition) is 3. The Hall–Kier alpha value is -4.15. The molecule has 0 atom stereocenters. The van der Waals surface area contributed by atoms with Crippen LogP contribution in [0.5, 0.6) is 0 Å². The van der Waals surface area contributed by atoms with Crippen LogP contribution < -0.4 is 5.19 Å². The van der Waals surface area contributed by atoms with Crippen LogP contribution in [0, 0.1) is 24.0 Å². The molecule has 8 rings (SSSR count). The fourth-order valence-corrected chi connectivity index (χ4v) is 9.31. The van der Waals surface area contributed by atoms with E-state index in [9.17, 15) is 0 Å². The molecule has 0 spiro atoms. The molecule has 0 aliphatic heterocycles. The predicted molar refractivity (Wildman–Crippen MR) is 222 cm³/mol. The molecule has 4 aromatic carbocycles. The minimum Gasteiger partial charge on any atom is -0.477 e.